The van der Waals surface area contributed by atoms with Crippen LogP contribution in [-0.4, -0.2) is 49.8 Å². The van der Waals surface area contributed by atoms with E-state index in [0.29, 0.717) is 0 Å². The summed E-state index contributed by atoms with van der Waals surface area (Å²) in [5.74, 6) is 0.883. The van der Waals surface area contributed by atoms with E-state index in [1.54, 1.807) is 14.2 Å². The summed E-state index contributed by atoms with van der Waals surface area (Å²) in [6.07, 6.45) is 10.0. The minimum absolute atomic E-state index is 0.00611. The van der Waals surface area contributed by atoms with Crippen molar-refractivity contribution in [2.75, 3.05) is 27.8 Å². The van der Waals surface area contributed by atoms with Gasteiger partial charge in [0.05, 0.1) is 19.6 Å². The molecule has 5 heteroatoms. The van der Waals surface area contributed by atoms with Crippen molar-refractivity contribution in [1.29, 1.82) is 0 Å². The minimum atomic E-state index is -0.647. The zero-order valence-electron chi connectivity index (χ0n) is 17.9. The van der Waals surface area contributed by atoms with E-state index < -0.39 is 11.4 Å². The van der Waals surface area contributed by atoms with Gasteiger partial charge in [0.25, 0.3) is 0 Å². The third-order valence-corrected chi connectivity index (χ3v) is 7.84. The van der Waals surface area contributed by atoms with Crippen LogP contribution in [0.2, 0.25) is 0 Å². The second kappa shape index (κ2) is 7.67. The molecule has 1 N–H and O–H groups in total. The van der Waals surface area contributed by atoms with Crippen LogP contribution in [0, 0.1) is 5.41 Å². The lowest BCUT2D eigenvalue weighted by Crippen LogP contribution is -2.45. The van der Waals surface area contributed by atoms with Gasteiger partial charge in [0.2, 0.25) is 0 Å². The van der Waals surface area contributed by atoms with Crippen molar-refractivity contribution in [2.24, 2.45) is 5.41 Å². The van der Waals surface area contributed by atoms with Crippen molar-refractivity contribution in [1.82, 2.24) is 4.90 Å². The first-order valence-corrected chi connectivity index (χ1v) is 10.8. The van der Waals surface area contributed by atoms with Crippen LogP contribution < -0.4 is 9.47 Å². The summed E-state index contributed by atoms with van der Waals surface area (Å²) in [4.78, 5) is 14.8. The van der Waals surface area contributed by atoms with Gasteiger partial charge in [-0.1, -0.05) is 37.0 Å². The number of fused-ring (bicyclic) bond motifs is 1. The highest BCUT2D eigenvalue weighted by Crippen LogP contribution is 2.54. The summed E-state index contributed by atoms with van der Waals surface area (Å²) in [6.45, 7) is 1.02. The molecule has 1 saturated heterocycles. The van der Waals surface area contributed by atoms with Crippen molar-refractivity contribution in [2.45, 2.75) is 62.8 Å². The van der Waals surface area contributed by atoms with E-state index in [-0.39, 0.29) is 11.5 Å². The van der Waals surface area contributed by atoms with Crippen LogP contribution in [0.15, 0.2) is 29.8 Å². The van der Waals surface area contributed by atoms with Gasteiger partial charge in [-0.05, 0) is 63.4 Å². The monoisotopic (exact) mass is 399 g/mol. The van der Waals surface area contributed by atoms with Crippen molar-refractivity contribution >= 4 is 5.97 Å². The highest BCUT2D eigenvalue weighted by Gasteiger charge is 2.52. The Morgan fingerprint density at radius 3 is 2.45 bits per heavy atom. The Morgan fingerprint density at radius 1 is 1.07 bits per heavy atom. The van der Waals surface area contributed by atoms with E-state index in [1.165, 1.54) is 11.1 Å². The fraction of sp³-hybridized carbons (Fsp3) is 0.625. The summed E-state index contributed by atoms with van der Waals surface area (Å²) in [6, 6.07) is 6.51. The molecular formula is C24H33NO4. The van der Waals surface area contributed by atoms with Crippen molar-refractivity contribution in [3.05, 3.63) is 35.4 Å². The van der Waals surface area contributed by atoms with Crippen LogP contribution in [0.3, 0.4) is 0 Å². The standard InChI is InChI=1S/C24H33NO4/c1-25-14-13-23(17-7-8-19(28-2)20(15-17)29-3)12-9-18(16-21(23)25)24(22(26)27)10-5-4-6-11-24/h7-8,15-16,21H,4-6,9-14H2,1-3H3,(H,26,27)/t21-,23-/m0/s1. The number of rotatable bonds is 5. The van der Waals surface area contributed by atoms with E-state index in [0.717, 1.165) is 69.4 Å². The number of hydrogen-bond acceptors (Lipinski definition) is 4. The third-order valence-electron chi connectivity index (χ3n) is 7.84. The molecule has 2 atom stereocenters. The lowest BCUT2D eigenvalue weighted by atomic mass is 9.60. The number of aliphatic carboxylic acids is 1. The smallest absolute Gasteiger partial charge is 0.313 e. The van der Waals surface area contributed by atoms with Gasteiger partial charge >= 0.3 is 5.97 Å². The molecule has 4 rings (SSSR count). The number of carboxylic acids is 1. The predicted molar refractivity (Wildman–Crippen MR) is 113 cm³/mol. The molecule has 158 valence electrons. The number of hydrogen-bond donors (Lipinski definition) is 1. The van der Waals surface area contributed by atoms with Crippen molar-refractivity contribution in [3.8, 4) is 11.5 Å². The number of likely N-dealkylation sites (N-methyl/N-ethyl adjacent to an activating group) is 1. The minimum Gasteiger partial charge on any atom is -0.493 e. The first-order chi connectivity index (χ1) is 14.0. The molecule has 0 aromatic heterocycles. The molecule has 0 bridgehead atoms. The lowest BCUT2D eigenvalue weighted by molar-refractivity contribution is -0.148. The number of carbonyl (C=O) groups is 1. The van der Waals surface area contributed by atoms with E-state index >= 15 is 0 Å². The molecule has 0 spiro atoms. The number of carboxylic acid groups (broad SMARTS) is 1. The zero-order valence-corrected chi connectivity index (χ0v) is 17.9. The van der Waals surface area contributed by atoms with Gasteiger partial charge in [-0.2, -0.15) is 0 Å². The Morgan fingerprint density at radius 2 is 1.79 bits per heavy atom. The number of ether oxygens (including phenoxy) is 2. The summed E-state index contributed by atoms with van der Waals surface area (Å²) in [5.41, 5.74) is 1.80. The topological polar surface area (TPSA) is 59.0 Å². The van der Waals surface area contributed by atoms with Gasteiger partial charge in [-0.25, -0.2) is 0 Å². The fourth-order valence-corrected chi connectivity index (χ4v) is 6.11. The van der Waals surface area contributed by atoms with Gasteiger partial charge in [0.1, 0.15) is 0 Å². The molecule has 2 aliphatic carbocycles. The zero-order chi connectivity index (χ0) is 20.6. The molecule has 0 unspecified atom stereocenters. The molecule has 2 fully saturated rings. The number of nitrogens with zero attached hydrogens (tertiary/aromatic N) is 1. The first kappa shape index (κ1) is 20.3. The van der Waals surface area contributed by atoms with Gasteiger partial charge in [-0.15, -0.1) is 0 Å². The highest BCUT2D eigenvalue weighted by molar-refractivity contribution is 5.79. The maximum absolute atomic E-state index is 12.4. The van der Waals surface area contributed by atoms with Crippen LogP contribution in [-0.2, 0) is 10.2 Å². The average molecular weight is 400 g/mol. The molecule has 29 heavy (non-hydrogen) atoms. The van der Waals surface area contributed by atoms with E-state index in [1.807, 2.05) is 6.07 Å². The summed E-state index contributed by atoms with van der Waals surface area (Å²) in [7, 11) is 5.50. The van der Waals surface area contributed by atoms with Gasteiger partial charge in [-0.3, -0.25) is 9.69 Å². The predicted octanol–water partition coefficient (Wildman–Crippen LogP) is 4.40. The second-order valence-corrected chi connectivity index (χ2v) is 9.04. The van der Waals surface area contributed by atoms with Crippen LogP contribution in [0.4, 0.5) is 0 Å². The Kier molecular flexibility index (Phi) is 5.36. The number of benzene rings is 1. The van der Waals surface area contributed by atoms with Crippen molar-refractivity contribution < 1.29 is 19.4 Å². The van der Waals surface area contributed by atoms with Crippen molar-refractivity contribution in [3.63, 3.8) is 0 Å². The summed E-state index contributed by atoms with van der Waals surface area (Å²) in [5, 5.41) is 10.2. The Balaban J connectivity index is 1.75. The lowest BCUT2D eigenvalue weighted by Gasteiger charge is -2.45. The van der Waals surface area contributed by atoms with Gasteiger partial charge in [0, 0.05) is 11.5 Å². The second-order valence-electron chi connectivity index (χ2n) is 9.04. The highest BCUT2D eigenvalue weighted by atomic mass is 16.5. The fourth-order valence-electron chi connectivity index (χ4n) is 6.11. The molecule has 1 aromatic carbocycles. The summed E-state index contributed by atoms with van der Waals surface area (Å²) < 4.78 is 11.0. The van der Waals surface area contributed by atoms with Crippen LogP contribution in [0.25, 0.3) is 0 Å². The quantitative estimate of drug-likeness (QED) is 0.744. The molecule has 3 aliphatic rings. The molecule has 1 aliphatic heterocycles. The normalized spacial score (nSPS) is 29.1. The van der Waals surface area contributed by atoms with Gasteiger partial charge in [0.15, 0.2) is 11.5 Å². The molecule has 5 nitrogen and oxygen atoms in total. The van der Waals surface area contributed by atoms with Crippen LogP contribution >= 0.6 is 0 Å². The number of likely N-dealkylation sites (tertiary alicyclic amines) is 1. The maximum Gasteiger partial charge on any atom is 0.313 e. The largest absolute Gasteiger partial charge is 0.493 e. The summed E-state index contributed by atoms with van der Waals surface area (Å²) >= 11 is 0. The average Bonchev–Trinajstić information content (AvgIpc) is 3.10. The molecule has 0 amide bonds. The molecule has 1 saturated carbocycles. The number of methoxy groups -OCH3 is 2. The molecular weight excluding hydrogens is 366 g/mol. The Bertz CT molecular complexity index is 811. The van der Waals surface area contributed by atoms with E-state index in [9.17, 15) is 9.90 Å². The first-order valence-electron chi connectivity index (χ1n) is 10.8. The Hall–Kier alpha value is -2.01. The Labute approximate surface area is 173 Å². The maximum atomic E-state index is 12.4. The van der Waals surface area contributed by atoms with Gasteiger partial charge < -0.3 is 14.6 Å². The van der Waals surface area contributed by atoms with Crippen LogP contribution in [0.1, 0.15) is 56.9 Å². The SMILES string of the molecule is COc1ccc([C@@]23CCC(C4(C(=O)O)CCCCC4)=C[C@@H]2N(C)CC3)cc1OC. The van der Waals surface area contributed by atoms with Crippen LogP contribution in [0.5, 0.6) is 11.5 Å². The van der Waals surface area contributed by atoms with E-state index in [2.05, 4.69) is 30.2 Å². The molecule has 1 heterocycles. The van der Waals surface area contributed by atoms with E-state index in [4.69, 9.17) is 9.47 Å². The molecule has 1 aromatic rings. The third kappa shape index (κ3) is 3.14. The molecule has 0 radical (unpaired) electrons.